The van der Waals surface area contributed by atoms with Crippen LogP contribution in [-0.2, 0) is 25.1 Å². The standard InChI is InChI=1S/C27H39BO7/c1-24(2,3)32-22(29)18-12-10-11-16(21(18)31-23(30)33-25(4,5)6)15-28-34-20-14-17-13-19(26(17,7)8)27(20,9)35-28/h10-12,17,19-20H,13-15H2,1-9H3/t17-,19-,20?,27-/m0/s1. The molecule has 192 valence electrons. The van der Waals surface area contributed by atoms with Gasteiger partial charge in [-0.1, -0.05) is 26.0 Å². The van der Waals surface area contributed by atoms with Gasteiger partial charge in [-0.2, -0.15) is 0 Å². The van der Waals surface area contributed by atoms with E-state index in [0.29, 0.717) is 23.7 Å². The third kappa shape index (κ3) is 5.10. The summed E-state index contributed by atoms with van der Waals surface area (Å²) in [7, 11) is -0.505. The number of para-hydroxylation sites is 1. The van der Waals surface area contributed by atoms with Gasteiger partial charge < -0.3 is 23.5 Å². The van der Waals surface area contributed by atoms with Gasteiger partial charge in [-0.25, -0.2) is 9.59 Å². The summed E-state index contributed by atoms with van der Waals surface area (Å²) in [6, 6.07) is 5.15. The normalized spacial score (nSPS) is 29.2. The number of hydrogen-bond donors (Lipinski definition) is 0. The van der Waals surface area contributed by atoms with Gasteiger partial charge in [0.15, 0.2) is 5.75 Å². The van der Waals surface area contributed by atoms with Gasteiger partial charge in [-0.3, -0.25) is 0 Å². The molecule has 4 aliphatic rings. The summed E-state index contributed by atoms with van der Waals surface area (Å²) in [4.78, 5) is 25.6. The summed E-state index contributed by atoms with van der Waals surface area (Å²) in [5, 5.41) is 0. The quantitative estimate of drug-likeness (QED) is 0.304. The Labute approximate surface area is 209 Å². The zero-order valence-electron chi connectivity index (χ0n) is 22.5. The Morgan fingerprint density at radius 1 is 1.03 bits per heavy atom. The van der Waals surface area contributed by atoms with Crippen LogP contribution in [0.3, 0.4) is 0 Å². The molecule has 1 heterocycles. The van der Waals surface area contributed by atoms with E-state index in [2.05, 4.69) is 20.8 Å². The van der Waals surface area contributed by atoms with E-state index in [1.165, 1.54) is 0 Å². The zero-order valence-corrected chi connectivity index (χ0v) is 22.5. The molecule has 8 heteroatoms. The second-order valence-electron chi connectivity index (χ2n) is 13.0. The van der Waals surface area contributed by atoms with Crippen molar-refractivity contribution in [1.29, 1.82) is 0 Å². The molecule has 0 radical (unpaired) electrons. The van der Waals surface area contributed by atoms with Crippen LogP contribution in [-0.4, -0.2) is 42.2 Å². The molecular formula is C27H39BO7. The molecule has 1 aliphatic heterocycles. The third-order valence-electron chi connectivity index (χ3n) is 7.68. The van der Waals surface area contributed by atoms with Crippen LogP contribution in [0.25, 0.3) is 0 Å². The minimum atomic E-state index is -0.883. The predicted molar refractivity (Wildman–Crippen MR) is 132 cm³/mol. The Hall–Kier alpha value is -2.06. The van der Waals surface area contributed by atoms with Crippen molar-refractivity contribution in [3.63, 3.8) is 0 Å². The minimum Gasteiger partial charge on any atom is -0.456 e. The largest absolute Gasteiger partial charge is 0.514 e. The van der Waals surface area contributed by atoms with E-state index in [9.17, 15) is 9.59 Å². The van der Waals surface area contributed by atoms with Gasteiger partial charge in [0.1, 0.15) is 16.8 Å². The molecule has 0 amide bonds. The molecule has 1 unspecified atom stereocenters. The van der Waals surface area contributed by atoms with Crippen molar-refractivity contribution in [2.75, 3.05) is 0 Å². The maximum Gasteiger partial charge on any atom is 0.514 e. The van der Waals surface area contributed by atoms with Gasteiger partial charge in [-0.05, 0) is 90.2 Å². The molecule has 7 nitrogen and oxygen atoms in total. The first-order chi connectivity index (χ1) is 16.0. The lowest BCUT2D eigenvalue weighted by Crippen LogP contribution is -2.65. The average Bonchev–Trinajstić information content (AvgIpc) is 3.01. The number of carbonyl (C=O) groups is 2. The highest BCUT2D eigenvalue weighted by atomic mass is 16.7. The van der Waals surface area contributed by atoms with Crippen molar-refractivity contribution < 1.29 is 33.1 Å². The lowest BCUT2D eigenvalue weighted by Gasteiger charge is -2.64. The molecule has 0 N–H and O–H groups in total. The van der Waals surface area contributed by atoms with Crippen LogP contribution in [0.5, 0.6) is 5.75 Å². The summed E-state index contributed by atoms with van der Waals surface area (Å²) in [5.74, 6) is 0.631. The molecule has 2 bridgehead atoms. The zero-order chi connectivity index (χ0) is 26.0. The first-order valence-electron chi connectivity index (χ1n) is 12.6. The molecule has 3 saturated carbocycles. The van der Waals surface area contributed by atoms with Crippen molar-refractivity contribution in [2.45, 2.75) is 104 Å². The topological polar surface area (TPSA) is 80.3 Å². The van der Waals surface area contributed by atoms with Crippen LogP contribution in [0.1, 0.15) is 91.1 Å². The van der Waals surface area contributed by atoms with E-state index in [1.807, 2.05) is 6.07 Å². The average molecular weight is 486 g/mol. The molecule has 5 rings (SSSR count). The van der Waals surface area contributed by atoms with E-state index in [0.717, 1.165) is 12.8 Å². The molecule has 0 spiro atoms. The Kier molecular flexibility index (Phi) is 6.33. The summed E-state index contributed by atoms with van der Waals surface area (Å²) < 4.78 is 29.5. The van der Waals surface area contributed by atoms with Crippen LogP contribution in [0.15, 0.2) is 18.2 Å². The van der Waals surface area contributed by atoms with Crippen LogP contribution in [0.4, 0.5) is 4.79 Å². The second kappa shape index (κ2) is 8.51. The van der Waals surface area contributed by atoms with Crippen LogP contribution < -0.4 is 4.74 Å². The minimum absolute atomic E-state index is 0.0357. The van der Waals surface area contributed by atoms with Gasteiger partial charge in [0, 0.05) is 6.32 Å². The highest BCUT2D eigenvalue weighted by molar-refractivity contribution is 6.45. The predicted octanol–water partition coefficient (Wildman–Crippen LogP) is 5.77. The van der Waals surface area contributed by atoms with Crippen molar-refractivity contribution in [3.8, 4) is 5.75 Å². The number of benzene rings is 1. The number of ether oxygens (including phenoxy) is 3. The van der Waals surface area contributed by atoms with Crippen LogP contribution in [0, 0.1) is 17.3 Å². The molecule has 3 aliphatic carbocycles. The van der Waals surface area contributed by atoms with Crippen molar-refractivity contribution in [1.82, 2.24) is 0 Å². The van der Waals surface area contributed by atoms with Gasteiger partial charge in [0.05, 0.1) is 11.7 Å². The Morgan fingerprint density at radius 3 is 2.29 bits per heavy atom. The molecule has 1 aromatic rings. The highest BCUT2D eigenvalue weighted by Gasteiger charge is 2.67. The van der Waals surface area contributed by atoms with Crippen molar-refractivity contribution >= 4 is 19.2 Å². The number of esters is 1. The molecule has 0 aromatic heterocycles. The molecule has 4 atom stereocenters. The molecular weight excluding hydrogens is 447 g/mol. The van der Waals surface area contributed by atoms with Crippen molar-refractivity contribution in [3.05, 3.63) is 29.3 Å². The number of carbonyl (C=O) groups excluding carboxylic acids is 2. The Balaban J connectivity index is 1.60. The van der Waals surface area contributed by atoms with E-state index in [1.54, 1.807) is 53.7 Å². The van der Waals surface area contributed by atoms with Gasteiger partial charge >= 0.3 is 19.2 Å². The summed E-state index contributed by atoms with van der Waals surface area (Å²) in [5.41, 5.74) is -0.769. The molecule has 35 heavy (non-hydrogen) atoms. The Bertz CT molecular complexity index is 1010. The van der Waals surface area contributed by atoms with Gasteiger partial charge in [-0.15, -0.1) is 0 Å². The molecule has 4 fully saturated rings. The van der Waals surface area contributed by atoms with E-state index < -0.39 is 30.4 Å². The first-order valence-corrected chi connectivity index (χ1v) is 12.6. The fraction of sp³-hybridized carbons (Fsp3) is 0.704. The van der Waals surface area contributed by atoms with Gasteiger partial charge in [0.2, 0.25) is 0 Å². The maximum atomic E-state index is 13.0. The third-order valence-corrected chi connectivity index (χ3v) is 7.68. The maximum absolute atomic E-state index is 13.0. The lowest BCUT2D eigenvalue weighted by molar-refractivity contribution is -0.199. The monoisotopic (exact) mass is 486 g/mol. The lowest BCUT2D eigenvalue weighted by atomic mass is 9.43. The fourth-order valence-electron chi connectivity index (χ4n) is 5.93. The highest BCUT2D eigenvalue weighted by Crippen LogP contribution is 2.65. The SMILES string of the molecule is CC(C)(C)OC(=O)Oc1c(CB2OC3C[C@@H]4C[C@@H](C4(C)C)[C@]3(C)O2)cccc1C(=O)OC(C)(C)C. The summed E-state index contributed by atoms with van der Waals surface area (Å²) in [6.07, 6.45) is 1.63. The van der Waals surface area contributed by atoms with Crippen LogP contribution >= 0.6 is 0 Å². The molecule has 1 saturated heterocycles. The number of rotatable bonds is 4. The van der Waals surface area contributed by atoms with Crippen molar-refractivity contribution in [2.24, 2.45) is 17.3 Å². The Morgan fingerprint density at radius 2 is 1.69 bits per heavy atom. The van der Waals surface area contributed by atoms with Gasteiger partial charge in [0.25, 0.3) is 0 Å². The molecule has 1 aromatic carbocycles. The number of hydrogen-bond acceptors (Lipinski definition) is 7. The smallest absolute Gasteiger partial charge is 0.456 e. The second-order valence-corrected chi connectivity index (χ2v) is 13.0. The van der Waals surface area contributed by atoms with E-state index in [4.69, 9.17) is 23.5 Å². The summed E-state index contributed by atoms with van der Waals surface area (Å²) >= 11 is 0. The summed E-state index contributed by atoms with van der Waals surface area (Å²) in [6.45, 7) is 17.4. The van der Waals surface area contributed by atoms with E-state index >= 15 is 0 Å². The fourth-order valence-corrected chi connectivity index (χ4v) is 5.93. The van der Waals surface area contributed by atoms with E-state index in [-0.39, 0.29) is 28.4 Å². The van der Waals surface area contributed by atoms with Crippen LogP contribution in [0.2, 0.25) is 0 Å². The first kappa shape index (κ1) is 26.0.